The second-order valence-corrected chi connectivity index (χ2v) is 2.56. The predicted molar refractivity (Wildman–Crippen MR) is 36.5 cm³/mol. The van der Waals surface area contributed by atoms with Gasteiger partial charge in [-0.05, 0) is 0 Å². The molecule has 1 aromatic rings. The molecule has 0 fully saturated rings. The summed E-state index contributed by atoms with van der Waals surface area (Å²) < 4.78 is 60.5. The van der Waals surface area contributed by atoms with E-state index in [0.717, 1.165) is 0 Å². The van der Waals surface area contributed by atoms with Crippen LogP contribution in [0, 0.1) is 0 Å². The van der Waals surface area contributed by atoms with E-state index in [4.69, 9.17) is 5.73 Å². The summed E-state index contributed by atoms with van der Waals surface area (Å²) in [5.74, 6) is 0. The fourth-order valence-corrected chi connectivity index (χ4v) is 0.911. The van der Waals surface area contributed by atoms with Crippen molar-refractivity contribution < 1.29 is 22.0 Å². The van der Waals surface area contributed by atoms with Crippen molar-refractivity contribution in [2.24, 2.45) is 5.73 Å². The molecule has 0 saturated carbocycles. The van der Waals surface area contributed by atoms with Crippen LogP contribution in [0.1, 0.15) is 17.3 Å². The molecule has 1 heterocycles. The van der Waals surface area contributed by atoms with Gasteiger partial charge in [0.05, 0.1) is 12.2 Å². The van der Waals surface area contributed by atoms with Crippen LogP contribution in [0.4, 0.5) is 22.0 Å². The van der Waals surface area contributed by atoms with E-state index in [1.54, 1.807) is 5.10 Å². The molecule has 1 rings (SSSR count). The zero-order valence-electron chi connectivity index (χ0n) is 6.65. The third kappa shape index (κ3) is 2.00. The number of H-pyrrole nitrogens is 1. The molecule has 0 radical (unpaired) electrons. The molecule has 0 spiro atoms. The summed E-state index contributed by atoms with van der Waals surface area (Å²) in [6.07, 6.45) is -7.16. The lowest BCUT2D eigenvalue weighted by molar-refractivity contribution is -0.142. The highest BCUT2D eigenvalue weighted by molar-refractivity contribution is 5.23. The molecule has 0 saturated heterocycles. The van der Waals surface area contributed by atoms with E-state index in [1.165, 1.54) is 0 Å². The van der Waals surface area contributed by atoms with E-state index in [0.29, 0.717) is 6.20 Å². The van der Waals surface area contributed by atoms with Crippen molar-refractivity contribution in [2.75, 3.05) is 0 Å². The zero-order valence-corrected chi connectivity index (χ0v) is 6.65. The van der Waals surface area contributed by atoms with Gasteiger partial charge in [0, 0.05) is 5.56 Å². The first kappa shape index (κ1) is 10.9. The molecule has 1 unspecified atom stereocenters. The normalized spacial score (nSPS) is 14.8. The maximum absolute atomic E-state index is 12.1. The first-order chi connectivity index (χ1) is 6.34. The Bertz CT molecular complexity index is 305. The molecule has 1 atom stereocenters. The predicted octanol–water partition coefficient (Wildman–Crippen LogP) is 1.69. The zero-order chi connectivity index (χ0) is 10.9. The lowest BCUT2D eigenvalue weighted by Gasteiger charge is -2.12. The smallest absolute Gasteiger partial charge is 0.319 e. The SMILES string of the molecule is NC(c1cn[nH]c1C(F)(F)F)C(F)F. The quantitative estimate of drug-likeness (QED) is 0.737. The number of hydrogen-bond acceptors (Lipinski definition) is 2. The molecule has 80 valence electrons. The van der Waals surface area contributed by atoms with E-state index in [9.17, 15) is 22.0 Å². The van der Waals surface area contributed by atoms with E-state index in [1.807, 2.05) is 0 Å². The first-order valence-electron chi connectivity index (χ1n) is 3.48. The number of aromatic nitrogens is 2. The van der Waals surface area contributed by atoms with Gasteiger partial charge in [-0.3, -0.25) is 5.10 Å². The number of aromatic amines is 1. The number of halogens is 5. The summed E-state index contributed by atoms with van der Waals surface area (Å²) in [4.78, 5) is 0. The summed E-state index contributed by atoms with van der Waals surface area (Å²) in [6, 6.07) is -1.98. The third-order valence-electron chi connectivity index (χ3n) is 1.58. The fraction of sp³-hybridized carbons (Fsp3) is 0.500. The van der Waals surface area contributed by atoms with Crippen molar-refractivity contribution in [1.29, 1.82) is 0 Å². The Hall–Kier alpha value is -1.18. The number of alkyl halides is 5. The Balaban J connectivity index is 3.05. The van der Waals surface area contributed by atoms with Crippen LogP contribution in [0.3, 0.4) is 0 Å². The monoisotopic (exact) mass is 215 g/mol. The highest BCUT2D eigenvalue weighted by Gasteiger charge is 2.38. The molecule has 0 bridgehead atoms. The van der Waals surface area contributed by atoms with Gasteiger partial charge in [-0.1, -0.05) is 0 Å². The fourth-order valence-electron chi connectivity index (χ4n) is 0.911. The highest BCUT2D eigenvalue weighted by Crippen LogP contribution is 2.33. The second kappa shape index (κ2) is 3.52. The number of hydrogen-bond donors (Lipinski definition) is 2. The van der Waals surface area contributed by atoms with Gasteiger partial charge in [-0.15, -0.1) is 0 Å². The molecule has 3 nitrogen and oxygen atoms in total. The molecular formula is C6H6F5N3. The van der Waals surface area contributed by atoms with Crippen LogP contribution in [-0.2, 0) is 6.18 Å². The summed E-state index contributed by atoms with van der Waals surface area (Å²) in [5, 5.41) is 4.63. The van der Waals surface area contributed by atoms with E-state index < -0.39 is 29.9 Å². The molecular weight excluding hydrogens is 209 g/mol. The lowest BCUT2D eigenvalue weighted by Crippen LogP contribution is -2.22. The van der Waals surface area contributed by atoms with E-state index >= 15 is 0 Å². The van der Waals surface area contributed by atoms with Crippen LogP contribution in [0.5, 0.6) is 0 Å². The maximum atomic E-state index is 12.1. The van der Waals surface area contributed by atoms with Gasteiger partial charge >= 0.3 is 6.18 Å². The van der Waals surface area contributed by atoms with Gasteiger partial charge in [-0.2, -0.15) is 18.3 Å². The molecule has 8 heteroatoms. The van der Waals surface area contributed by atoms with Crippen LogP contribution in [-0.4, -0.2) is 16.6 Å². The van der Waals surface area contributed by atoms with Gasteiger partial charge in [-0.25, -0.2) is 8.78 Å². The number of nitrogens with two attached hydrogens (primary N) is 1. The molecule has 1 aromatic heterocycles. The van der Waals surface area contributed by atoms with Gasteiger partial charge in [0.25, 0.3) is 6.43 Å². The van der Waals surface area contributed by atoms with Crippen LogP contribution in [0.25, 0.3) is 0 Å². The summed E-state index contributed by atoms with van der Waals surface area (Å²) in [6.45, 7) is 0. The number of rotatable bonds is 2. The molecule has 0 aliphatic carbocycles. The second-order valence-electron chi connectivity index (χ2n) is 2.56. The Kier molecular flexibility index (Phi) is 2.74. The molecule has 3 N–H and O–H groups in total. The van der Waals surface area contributed by atoms with Gasteiger partial charge in [0.1, 0.15) is 5.69 Å². The Morgan fingerprint density at radius 1 is 1.36 bits per heavy atom. The van der Waals surface area contributed by atoms with Crippen LogP contribution in [0.15, 0.2) is 6.20 Å². The highest BCUT2D eigenvalue weighted by atomic mass is 19.4. The summed E-state index contributed by atoms with van der Waals surface area (Å²) in [7, 11) is 0. The minimum Gasteiger partial charge on any atom is -0.319 e. The van der Waals surface area contributed by atoms with E-state index in [-0.39, 0.29) is 0 Å². The average molecular weight is 215 g/mol. The van der Waals surface area contributed by atoms with Gasteiger partial charge in [0.2, 0.25) is 0 Å². The van der Waals surface area contributed by atoms with Crippen LogP contribution in [0.2, 0.25) is 0 Å². The Labute approximate surface area is 75.1 Å². The van der Waals surface area contributed by atoms with Crippen molar-refractivity contribution in [3.05, 3.63) is 17.5 Å². The minimum absolute atomic E-state index is 0.652. The Morgan fingerprint density at radius 3 is 2.36 bits per heavy atom. The van der Waals surface area contributed by atoms with Crippen LogP contribution < -0.4 is 5.73 Å². The standard InChI is InChI=1S/C6H6F5N3/c7-5(8)3(12)2-1-13-14-4(2)6(9,10)11/h1,3,5H,12H2,(H,13,14). The largest absolute Gasteiger partial charge is 0.433 e. The number of nitrogens with one attached hydrogen (secondary N) is 1. The van der Waals surface area contributed by atoms with E-state index in [2.05, 4.69) is 5.10 Å². The van der Waals surface area contributed by atoms with Crippen molar-refractivity contribution in [1.82, 2.24) is 10.2 Å². The first-order valence-corrected chi connectivity index (χ1v) is 3.48. The molecule has 14 heavy (non-hydrogen) atoms. The lowest BCUT2D eigenvalue weighted by atomic mass is 10.1. The topological polar surface area (TPSA) is 54.7 Å². The Morgan fingerprint density at radius 2 is 1.93 bits per heavy atom. The van der Waals surface area contributed by atoms with Crippen molar-refractivity contribution in [3.8, 4) is 0 Å². The molecule has 0 aliphatic rings. The minimum atomic E-state index is -4.75. The van der Waals surface area contributed by atoms with Crippen molar-refractivity contribution in [2.45, 2.75) is 18.6 Å². The molecule has 0 aliphatic heterocycles. The third-order valence-corrected chi connectivity index (χ3v) is 1.58. The van der Waals surface area contributed by atoms with Crippen LogP contribution >= 0.6 is 0 Å². The molecule has 0 aromatic carbocycles. The summed E-state index contributed by atoms with van der Waals surface area (Å²) >= 11 is 0. The average Bonchev–Trinajstić information content (AvgIpc) is 2.48. The summed E-state index contributed by atoms with van der Waals surface area (Å²) in [5.41, 5.74) is 2.81. The van der Waals surface area contributed by atoms with Crippen molar-refractivity contribution in [3.63, 3.8) is 0 Å². The van der Waals surface area contributed by atoms with Crippen molar-refractivity contribution >= 4 is 0 Å². The number of nitrogens with zero attached hydrogens (tertiary/aromatic N) is 1. The van der Waals surface area contributed by atoms with Gasteiger partial charge < -0.3 is 5.73 Å². The maximum Gasteiger partial charge on any atom is 0.433 e. The van der Waals surface area contributed by atoms with Gasteiger partial charge in [0.15, 0.2) is 0 Å². The molecule has 0 amide bonds.